The summed E-state index contributed by atoms with van der Waals surface area (Å²) >= 11 is 0. The monoisotopic (exact) mass is 408 g/mol. The molecule has 1 aliphatic heterocycles. The number of amides is 2. The Morgan fingerprint density at radius 1 is 1.27 bits per heavy atom. The predicted molar refractivity (Wildman–Crippen MR) is 110 cm³/mol. The van der Waals surface area contributed by atoms with Crippen LogP contribution in [0.4, 0.5) is 10.1 Å². The summed E-state index contributed by atoms with van der Waals surface area (Å²) < 4.78 is 21.2. The molecule has 3 aromatic rings. The third-order valence-electron chi connectivity index (χ3n) is 5.30. The summed E-state index contributed by atoms with van der Waals surface area (Å²) in [4.78, 5) is 26.7. The number of anilines is 1. The van der Waals surface area contributed by atoms with Crippen LogP contribution < -0.4 is 15.4 Å². The zero-order chi connectivity index (χ0) is 21.4. The Kier molecular flexibility index (Phi) is 4.99. The summed E-state index contributed by atoms with van der Waals surface area (Å²) in [6.07, 6.45) is 2.46. The van der Waals surface area contributed by atoms with Gasteiger partial charge >= 0.3 is 0 Å². The maximum Gasteiger partial charge on any atom is 0.258 e. The summed E-state index contributed by atoms with van der Waals surface area (Å²) in [5.74, 6) is -1.31. The maximum atomic E-state index is 13.8. The van der Waals surface area contributed by atoms with Gasteiger partial charge < -0.3 is 15.4 Å². The molecule has 2 aromatic carbocycles. The molecule has 7 nitrogen and oxygen atoms in total. The van der Waals surface area contributed by atoms with Gasteiger partial charge in [0.1, 0.15) is 18.5 Å². The third kappa shape index (κ3) is 3.30. The lowest BCUT2D eigenvalue weighted by atomic mass is 9.86. The van der Waals surface area contributed by atoms with E-state index in [2.05, 4.69) is 5.10 Å². The lowest BCUT2D eigenvalue weighted by Gasteiger charge is -2.18. The number of hydrogen-bond donors (Lipinski definition) is 1. The summed E-state index contributed by atoms with van der Waals surface area (Å²) in [6.45, 7) is -0.745. The van der Waals surface area contributed by atoms with Crippen molar-refractivity contribution in [3.63, 3.8) is 0 Å². The summed E-state index contributed by atoms with van der Waals surface area (Å²) in [5, 5.41) is 4.08. The van der Waals surface area contributed by atoms with E-state index in [0.29, 0.717) is 11.3 Å². The van der Waals surface area contributed by atoms with Gasteiger partial charge in [-0.2, -0.15) is 5.10 Å². The van der Waals surface area contributed by atoms with E-state index < -0.39 is 24.6 Å². The first kappa shape index (κ1) is 19.6. The lowest BCUT2D eigenvalue weighted by molar-refractivity contribution is 0.0992. The minimum atomic E-state index is -0.804. The van der Waals surface area contributed by atoms with Gasteiger partial charge in [-0.1, -0.05) is 30.3 Å². The number of alkyl halides is 1. The molecule has 0 unspecified atom stereocenters. The molecular weight excluding hydrogens is 387 g/mol. The molecule has 2 amide bonds. The van der Waals surface area contributed by atoms with Crippen molar-refractivity contribution in [2.75, 3.05) is 18.6 Å². The van der Waals surface area contributed by atoms with Gasteiger partial charge in [0.25, 0.3) is 11.8 Å². The number of fused-ring (bicyclic) bond motifs is 1. The number of primary amides is 1. The lowest BCUT2D eigenvalue weighted by Crippen LogP contribution is -2.26. The Morgan fingerprint density at radius 3 is 2.60 bits per heavy atom. The van der Waals surface area contributed by atoms with Gasteiger partial charge in [-0.05, 0) is 17.7 Å². The molecular formula is C22H21FN4O3. The quantitative estimate of drug-likeness (QED) is 0.703. The van der Waals surface area contributed by atoms with Crippen LogP contribution in [0.5, 0.6) is 5.75 Å². The van der Waals surface area contributed by atoms with Crippen molar-refractivity contribution in [1.29, 1.82) is 0 Å². The molecule has 0 saturated heterocycles. The highest BCUT2D eigenvalue weighted by atomic mass is 19.1. The second kappa shape index (κ2) is 7.62. The third-order valence-corrected chi connectivity index (χ3v) is 5.30. The van der Waals surface area contributed by atoms with Crippen molar-refractivity contribution >= 4 is 17.5 Å². The molecule has 2 heterocycles. The van der Waals surface area contributed by atoms with Crippen LogP contribution in [0.1, 0.15) is 37.8 Å². The van der Waals surface area contributed by atoms with E-state index in [-0.39, 0.29) is 22.8 Å². The molecule has 1 aromatic heterocycles. The number of carbonyl (C=O) groups is 2. The van der Waals surface area contributed by atoms with Crippen molar-refractivity contribution in [1.82, 2.24) is 9.78 Å². The Hall–Kier alpha value is -3.68. The zero-order valence-electron chi connectivity index (χ0n) is 16.6. The first-order chi connectivity index (χ1) is 14.4. The average Bonchev–Trinajstić information content (AvgIpc) is 3.35. The smallest absolute Gasteiger partial charge is 0.258 e. The van der Waals surface area contributed by atoms with E-state index >= 15 is 0 Å². The molecule has 2 N–H and O–H groups in total. The fraction of sp³-hybridized carbons (Fsp3) is 0.227. The first-order valence-corrected chi connectivity index (χ1v) is 9.42. The SMILES string of the molecule is CN(C(=O)c1cc(C(N)=O)c2c(c1)[C@@H](c1ccccc1)[C@H](CF)O2)c1cnn(C)c1. The molecule has 0 aliphatic carbocycles. The average molecular weight is 408 g/mol. The second-order valence-corrected chi connectivity index (χ2v) is 7.24. The molecule has 4 rings (SSSR count). The minimum Gasteiger partial charge on any atom is -0.486 e. The van der Waals surface area contributed by atoms with Crippen LogP contribution in [0.3, 0.4) is 0 Å². The zero-order valence-corrected chi connectivity index (χ0v) is 16.6. The van der Waals surface area contributed by atoms with Crippen LogP contribution in [-0.2, 0) is 7.05 Å². The predicted octanol–water partition coefficient (Wildman–Crippen LogP) is 2.66. The molecule has 1 aliphatic rings. The highest BCUT2D eigenvalue weighted by molar-refractivity contribution is 6.08. The highest BCUT2D eigenvalue weighted by Gasteiger charge is 2.39. The number of aryl methyl sites for hydroxylation is 1. The summed E-state index contributed by atoms with van der Waals surface area (Å²) in [7, 11) is 3.37. The Labute approximate surface area is 172 Å². The summed E-state index contributed by atoms with van der Waals surface area (Å²) in [5.41, 5.74) is 7.89. The number of ether oxygens (including phenoxy) is 1. The second-order valence-electron chi connectivity index (χ2n) is 7.24. The van der Waals surface area contributed by atoms with Crippen LogP contribution in [0, 0.1) is 0 Å². The van der Waals surface area contributed by atoms with E-state index in [4.69, 9.17) is 10.5 Å². The number of nitrogens with two attached hydrogens (primary N) is 1. The topological polar surface area (TPSA) is 90.4 Å². The van der Waals surface area contributed by atoms with Gasteiger partial charge in [0.15, 0.2) is 0 Å². The van der Waals surface area contributed by atoms with Crippen LogP contribution in [-0.4, -0.2) is 41.4 Å². The number of hydrogen-bond acceptors (Lipinski definition) is 4. The number of carbonyl (C=O) groups excluding carboxylic acids is 2. The van der Waals surface area contributed by atoms with Crippen molar-refractivity contribution in [3.05, 3.63) is 77.1 Å². The van der Waals surface area contributed by atoms with Crippen molar-refractivity contribution in [3.8, 4) is 5.75 Å². The molecule has 2 atom stereocenters. The van der Waals surface area contributed by atoms with E-state index in [1.807, 2.05) is 30.3 Å². The van der Waals surface area contributed by atoms with E-state index in [1.165, 1.54) is 11.0 Å². The maximum absolute atomic E-state index is 13.8. The summed E-state index contributed by atoms with van der Waals surface area (Å²) in [6, 6.07) is 12.4. The Balaban J connectivity index is 1.83. The fourth-order valence-corrected chi connectivity index (χ4v) is 3.81. The normalized spacial score (nSPS) is 17.3. The molecule has 0 radical (unpaired) electrons. The van der Waals surface area contributed by atoms with Gasteiger partial charge in [-0.25, -0.2) is 4.39 Å². The highest BCUT2D eigenvalue weighted by Crippen LogP contribution is 2.45. The van der Waals surface area contributed by atoms with Gasteiger partial charge in [0.2, 0.25) is 0 Å². The molecule has 0 saturated carbocycles. The number of halogens is 1. The number of rotatable bonds is 5. The molecule has 8 heteroatoms. The van der Waals surface area contributed by atoms with E-state index in [9.17, 15) is 14.0 Å². The molecule has 154 valence electrons. The standard InChI is InChI=1S/C22H21FN4O3/c1-26-12-15(11-25-26)27(2)22(29)14-8-16-19(13-6-4-3-5-7-13)18(10-23)30-20(16)17(9-14)21(24)28/h3-9,11-12,18-19H,10H2,1-2H3,(H2,24,28)/t18-,19+/m0/s1. The Morgan fingerprint density at radius 2 is 2.00 bits per heavy atom. The Bertz CT molecular complexity index is 1110. The first-order valence-electron chi connectivity index (χ1n) is 9.42. The number of aromatic nitrogens is 2. The van der Waals surface area contributed by atoms with E-state index in [0.717, 1.165) is 5.56 Å². The van der Waals surface area contributed by atoms with Gasteiger partial charge in [0, 0.05) is 31.4 Å². The van der Waals surface area contributed by atoms with Gasteiger partial charge in [0.05, 0.1) is 23.4 Å². The molecule has 0 fully saturated rings. The molecule has 0 bridgehead atoms. The molecule has 0 spiro atoms. The van der Waals surface area contributed by atoms with Crippen LogP contribution in [0.25, 0.3) is 0 Å². The fourth-order valence-electron chi connectivity index (χ4n) is 3.81. The van der Waals surface area contributed by atoms with Crippen LogP contribution >= 0.6 is 0 Å². The van der Waals surface area contributed by atoms with E-state index in [1.54, 1.807) is 37.2 Å². The minimum absolute atomic E-state index is 0.0623. The van der Waals surface area contributed by atoms with Gasteiger partial charge in [-0.3, -0.25) is 14.3 Å². The van der Waals surface area contributed by atoms with Crippen molar-refractivity contribution in [2.24, 2.45) is 12.8 Å². The van der Waals surface area contributed by atoms with Gasteiger partial charge in [-0.15, -0.1) is 0 Å². The number of nitrogens with zero attached hydrogens (tertiary/aromatic N) is 3. The molecule has 30 heavy (non-hydrogen) atoms. The van der Waals surface area contributed by atoms with Crippen LogP contribution in [0.15, 0.2) is 54.9 Å². The van der Waals surface area contributed by atoms with Crippen molar-refractivity contribution in [2.45, 2.75) is 12.0 Å². The van der Waals surface area contributed by atoms with Crippen molar-refractivity contribution < 1.29 is 18.7 Å². The van der Waals surface area contributed by atoms with Crippen LogP contribution in [0.2, 0.25) is 0 Å². The number of benzene rings is 2. The largest absolute Gasteiger partial charge is 0.486 e.